The molecule has 1 amide bonds. The topological polar surface area (TPSA) is 46.6 Å². The van der Waals surface area contributed by atoms with Crippen LogP contribution in [0.15, 0.2) is 54.6 Å². The van der Waals surface area contributed by atoms with E-state index in [1.807, 2.05) is 42.5 Å². The van der Waals surface area contributed by atoms with Crippen molar-refractivity contribution in [3.05, 3.63) is 70.7 Å². The predicted octanol–water partition coefficient (Wildman–Crippen LogP) is 4.30. The van der Waals surface area contributed by atoms with E-state index in [2.05, 4.69) is 12.1 Å². The van der Waals surface area contributed by atoms with E-state index in [1.165, 1.54) is 12.0 Å². The maximum absolute atomic E-state index is 12.2. The highest BCUT2D eigenvalue weighted by atomic mass is 35.5. The molecule has 0 N–H and O–H groups in total. The van der Waals surface area contributed by atoms with Crippen molar-refractivity contribution in [2.45, 2.75) is 44.6 Å². The van der Waals surface area contributed by atoms with Crippen molar-refractivity contribution < 1.29 is 13.7 Å². The van der Waals surface area contributed by atoms with Crippen molar-refractivity contribution in [1.29, 1.82) is 0 Å². The largest absolute Gasteiger partial charge is 0.380 e. The molecule has 30 heavy (non-hydrogen) atoms. The van der Waals surface area contributed by atoms with Gasteiger partial charge in [-0.05, 0) is 48.9 Å². The molecule has 0 spiro atoms. The maximum Gasteiger partial charge on any atom is 0.265 e. The molecular formula is C24H28ClNO3S. The molecule has 1 aliphatic rings. The molecule has 3 rings (SSSR count). The van der Waals surface area contributed by atoms with Crippen molar-refractivity contribution in [1.82, 2.24) is 4.90 Å². The molecule has 1 atom stereocenters. The molecule has 0 saturated carbocycles. The first-order chi connectivity index (χ1) is 14.7. The van der Waals surface area contributed by atoms with Crippen LogP contribution in [0.2, 0.25) is 5.02 Å². The fourth-order valence-corrected chi connectivity index (χ4v) is 4.33. The van der Waals surface area contributed by atoms with Crippen LogP contribution in [0.1, 0.15) is 36.8 Å². The highest BCUT2D eigenvalue weighted by molar-refractivity contribution is 7.69. The summed E-state index contributed by atoms with van der Waals surface area (Å²) in [7, 11) is 0. The second-order valence-corrected chi connectivity index (χ2v) is 8.60. The number of unbranched alkanes of at least 4 members (excludes halogenated alkanes) is 3. The van der Waals surface area contributed by atoms with Gasteiger partial charge in [0.15, 0.2) is 0 Å². The van der Waals surface area contributed by atoms with Crippen LogP contribution in [-0.2, 0) is 33.6 Å². The summed E-state index contributed by atoms with van der Waals surface area (Å²) in [5.74, 6) is -0.137. The molecule has 4 nitrogen and oxygen atoms in total. The molecular weight excluding hydrogens is 418 g/mol. The highest BCUT2D eigenvalue weighted by Gasteiger charge is 2.42. The molecule has 1 unspecified atom stereocenters. The monoisotopic (exact) mass is 445 g/mol. The molecule has 2 aromatic carbocycles. The average Bonchev–Trinajstić information content (AvgIpc) is 2.77. The zero-order chi connectivity index (χ0) is 21.2. The van der Waals surface area contributed by atoms with Gasteiger partial charge in [0.1, 0.15) is 16.1 Å². The average molecular weight is 446 g/mol. The first-order valence-corrected chi connectivity index (χ1v) is 11.6. The number of aryl methyl sites for hydroxylation is 1. The second kappa shape index (κ2) is 12.0. The second-order valence-electron chi connectivity index (χ2n) is 7.55. The van der Waals surface area contributed by atoms with Crippen LogP contribution in [0, 0.1) is 0 Å². The number of carbonyl (C=O) groups excluding carboxylic acids is 1. The van der Waals surface area contributed by atoms with Crippen molar-refractivity contribution in [3.63, 3.8) is 0 Å². The maximum atomic E-state index is 12.2. The molecule has 1 saturated heterocycles. The van der Waals surface area contributed by atoms with E-state index in [9.17, 15) is 9.00 Å². The van der Waals surface area contributed by atoms with Gasteiger partial charge in [0.25, 0.3) is 5.91 Å². The minimum absolute atomic E-state index is 0.112. The standard InChI is InChI=1S/C24H28ClNO3S/c25-21-13-11-19(12-14-21)8-4-1-2-7-16-29-17-15-26-22(23(30-28)24(26)27)18-20-9-5-3-6-10-20/h3,5-6,9-14,22H,1-2,4,7-8,15-18H2. The molecule has 1 fully saturated rings. The van der Waals surface area contributed by atoms with Gasteiger partial charge in [0.2, 0.25) is 0 Å². The number of likely N-dealkylation sites (tertiary alicyclic amines) is 1. The Bertz CT molecular complexity index is 866. The van der Waals surface area contributed by atoms with Crippen LogP contribution in [-0.4, -0.2) is 45.7 Å². The van der Waals surface area contributed by atoms with Gasteiger partial charge in [-0.3, -0.25) is 4.79 Å². The van der Waals surface area contributed by atoms with E-state index < -0.39 is 0 Å². The van der Waals surface area contributed by atoms with Crippen LogP contribution in [0.25, 0.3) is 0 Å². The lowest BCUT2D eigenvalue weighted by Gasteiger charge is -2.40. The van der Waals surface area contributed by atoms with E-state index in [1.54, 1.807) is 4.90 Å². The Morgan fingerprint density at radius 1 is 0.900 bits per heavy atom. The Morgan fingerprint density at radius 2 is 1.63 bits per heavy atom. The van der Waals surface area contributed by atoms with E-state index in [0.717, 1.165) is 36.3 Å². The van der Waals surface area contributed by atoms with Gasteiger partial charge in [-0.2, -0.15) is 0 Å². The number of nitrogens with zero attached hydrogens (tertiary/aromatic N) is 1. The lowest BCUT2D eigenvalue weighted by atomic mass is 9.94. The van der Waals surface area contributed by atoms with Crippen LogP contribution in [0.3, 0.4) is 0 Å². The molecule has 1 heterocycles. The summed E-state index contributed by atoms with van der Waals surface area (Å²) < 4.78 is 17.0. The summed E-state index contributed by atoms with van der Waals surface area (Å²) in [4.78, 5) is 14.4. The molecule has 0 aliphatic carbocycles. The van der Waals surface area contributed by atoms with Gasteiger partial charge < -0.3 is 9.64 Å². The van der Waals surface area contributed by atoms with E-state index in [4.69, 9.17) is 16.3 Å². The van der Waals surface area contributed by atoms with Crippen LogP contribution >= 0.6 is 11.6 Å². The predicted molar refractivity (Wildman–Crippen MR) is 123 cm³/mol. The third-order valence-corrected chi connectivity index (χ3v) is 6.28. The zero-order valence-corrected chi connectivity index (χ0v) is 18.7. The summed E-state index contributed by atoms with van der Waals surface area (Å²) in [6.07, 6.45) is 6.26. The SMILES string of the molecule is O=S=C1C(=O)N(CCOCCCCCCc2ccc(Cl)cc2)C1Cc1ccccc1. The molecule has 0 aromatic heterocycles. The smallest absolute Gasteiger partial charge is 0.265 e. The van der Waals surface area contributed by atoms with Gasteiger partial charge in [0, 0.05) is 18.2 Å². The quantitative estimate of drug-likeness (QED) is 0.278. The van der Waals surface area contributed by atoms with Crippen molar-refractivity contribution >= 4 is 33.6 Å². The summed E-state index contributed by atoms with van der Waals surface area (Å²) in [6.45, 7) is 1.76. The molecule has 160 valence electrons. The number of halogens is 1. The molecule has 0 radical (unpaired) electrons. The zero-order valence-electron chi connectivity index (χ0n) is 17.1. The molecule has 6 heteroatoms. The van der Waals surface area contributed by atoms with Gasteiger partial charge in [-0.25, -0.2) is 4.21 Å². The Kier molecular flexibility index (Phi) is 9.12. The van der Waals surface area contributed by atoms with Gasteiger partial charge in [0.05, 0.1) is 12.6 Å². The fraction of sp³-hybridized carbons (Fsp3) is 0.417. The summed E-state index contributed by atoms with van der Waals surface area (Å²) in [5.41, 5.74) is 2.46. The van der Waals surface area contributed by atoms with Crippen LogP contribution < -0.4 is 0 Å². The Morgan fingerprint density at radius 3 is 2.37 bits per heavy atom. The number of benzene rings is 2. The number of ether oxygens (including phenoxy) is 1. The Labute approximate surface area is 187 Å². The minimum atomic E-state index is -0.137. The fourth-order valence-electron chi connectivity index (χ4n) is 3.69. The Balaban J connectivity index is 1.27. The van der Waals surface area contributed by atoms with Crippen LogP contribution in [0.5, 0.6) is 0 Å². The number of rotatable bonds is 12. The summed E-state index contributed by atoms with van der Waals surface area (Å²) in [5, 5.41) is 0.781. The third kappa shape index (κ3) is 6.53. The number of carbonyl (C=O) groups is 1. The van der Waals surface area contributed by atoms with Crippen molar-refractivity contribution in [2.24, 2.45) is 0 Å². The number of amides is 1. The summed E-state index contributed by atoms with van der Waals surface area (Å²) in [6, 6.07) is 17.9. The number of β-lactam (4-membered cyclic amide) rings is 1. The van der Waals surface area contributed by atoms with E-state index in [-0.39, 0.29) is 11.9 Å². The van der Waals surface area contributed by atoms with E-state index in [0.29, 0.717) is 42.3 Å². The first kappa shape index (κ1) is 22.7. The molecule has 0 bridgehead atoms. The van der Waals surface area contributed by atoms with Crippen molar-refractivity contribution in [2.75, 3.05) is 19.8 Å². The van der Waals surface area contributed by atoms with Gasteiger partial charge in [-0.15, -0.1) is 0 Å². The highest BCUT2D eigenvalue weighted by Crippen LogP contribution is 2.20. The molecule has 1 aliphatic heterocycles. The number of hydrogen-bond donors (Lipinski definition) is 0. The van der Waals surface area contributed by atoms with Crippen LogP contribution in [0.4, 0.5) is 0 Å². The number of hydrogen-bond acceptors (Lipinski definition) is 3. The van der Waals surface area contributed by atoms with Crippen molar-refractivity contribution in [3.8, 4) is 0 Å². The summed E-state index contributed by atoms with van der Waals surface area (Å²) >= 11 is 6.24. The minimum Gasteiger partial charge on any atom is -0.380 e. The lowest BCUT2D eigenvalue weighted by Crippen LogP contribution is -2.63. The van der Waals surface area contributed by atoms with E-state index >= 15 is 0 Å². The third-order valence-electron chi connectivity index (χ3n) is 5.41. The lowest BCUT2D eigenvalue weighted by molar-refractivity contribution is -0.130. The van der Waals surface area contributed by atoms with Gasteiger partial charge >= 0.3 is 0 Å². The first-order valence-electron chi connectivity index (χ1n) is 10.5. The van der Waals surface area contributed by atoms with Gasteiger partial charge in [-0.1, -0.05) is 66.9 Å². The molecule has 2 aromatic rings. The normalized spacial score (nSPS) is 15.9. The Hall–Kier alpha value is -1.95.